The molecule has 0 aliphatic heterocycles. The van der Waals surface area contributed by atoms with Gasteiger partial charge >= 0.3 is 70.6 Å². The smallest absolute Gasteiger partial charge is 0.743 e. The van der Waals surface area contributed by atoms with E-state index in [0.717, 1.165) is 0 Å². The van der Waals surface area contributed by atoms with Gasteiger partial charge in [0.1, 0.15) is 0 Å². The Morgan fingerprint density at radius 2 is 0.704 bits per heavy atom. The molecule has 27 heavy (non-hydrogen) atoms. The first kappa shape index (κ1) is 29.1. The van der Waals surface area contributed by atoms with Crippen LogP contribution in [0.25, 0.3) is 0 Å². The summed E-state index contributed by atoms with van der Waals surface area (Å²) in [6.07, 6.45) is -7.77. The average molecular weight is 475 g/mol. The molecule has 0 fully saturated rings. The molecule has 0 aromatic rings. The number of alkyl halides is 15. The first-order valence-corrected chi connectivity index (χ1v) is 6.45. The zero-order valence-electron chi connectivity index (χ0n) is 11.8. The number of hydrogen-bond acceptors (Lipinski definition) is 3. The van der Waals surface area contributed by atoms with Crippen molar-refractivity contribution in [3.05, 3.63) is 0 Å². The Morgan fingerprint density at radius 1 is 0.481 bits per heavy atom. The molecule has 0 saturated carbocycles. The maximum atomic E-state index is 12.9. The monoisotopic (exact) mass is 475 g/mol. The topological polar surface area (TPSA) is 57.2 Å². The molecule has 0 heterocycles. The molecular weight excluding hydrogens is 475 g/mol. The molecule has 0 rings (SSSR count). The van der Waals surface area contributed by atoms with Crippen LogP contribution in [0.1, 0.15) is 0 Å². The fourth-order valence-electron chi connectivity index (χ4n) is 1.11. The molecule has 0 aromatic carbocycles. The van der Waals surface area contributed by atoms with Gasteiger partial charge in [0, 0.05) is 0 Å². The van der Waals surface area contributed by atoms with Crippen LogP contribution in [0.5, 0.6) is 0 Å². The van der Waals surface area contributed by atoms with Crippen molar-refractivity contribution in [3.8, 4) is 0 Å². The largest absolute Gasteiger partial charge is 1.00 e. The van der Waals surface area contributed by atoms with Gasteiger partial charge in [-0.15, -0.1) is 0 Å². The Balaban J connectivity index is 0. The van der Waals surface area contributed by atoms with Crippen LogP contribution >= 0.6 is 0 Å². The van der Waals surface area contributed by atoms with Gasteiger partial charge in [-0.25, -0.2) is 8.42 Å². The van der Waals surface area contributed by atoms with Gasteiger partial charge < -0.3 is 4.55 Å². The van der Waals surface area contributed by atoms with E-state index in [1.807, 2.05) is 0 Å². The van der Waals surface area contributed by atoms with Gasteiger partial charge in [-0.1, -0.05) is 0 Å². The molecule has 0 bridgehead atoms. The average Bonchev–Trinajstić information content (AvgIpc) is 2.34. The third-order valence-electron chi connectivity index (χ3n) is 2.61. The summed E-state index contributed by atoms with van der Waals surface area (Å²) in [7, 11) is -8.01. The van der Waals surface area contributed by atoms with Crippen LogP contribution in [0.2, 0.25) is 0 Å². The second kappa shape index (κ2) is 6.98. The molecule has 0 radical (unpaired) electrons. The van der Waals surface area contributed by atoms with E-state index in [-0.39, 0.29) is 29.6 Å². The Bertz CT molecular complexity index is 651. The molecule has 0 atom stereocenters. The molecule has 3 nitrogen and oxygen atoms in total. The van der Waals surface area contributed by atoms with Crippen molar-refractivity contribution in [1.29, 1.82) is 0 Å². The summed E-state index contributed by atoms with van der Waals surface area (Å²) in [5.41, 5.74) is 0. The van der Waals surface area contributed by atoms with Crippen LogP contribution in [0.3, 0.4) is 0 Å². The fraction of sp³-hybridized carbons (Fsp3) is 1.00. The molecule has 0 N–H and O–H groups in total. The van der Waals surface area contributed by atoms with Crippen LogP contribution in [-0.4, -0.2) is 54.0 Å². The van der Waals surface area contributed by atoms with Crippen molar-refractivity contribution in [1.82, 2.24) is 0 Å². The summed E-state index contributed by atoms with van der Waals surface area (Å²) in [6.45, 7) is 0. The predicted molar refractivity (Wildman–Crippen MR) is 45.4 cm³/mol. The van der Waals surface area contributed by atoms with E-state index in [2.05, 4.69) is 0 Å². The Labute approximate surface area is 159 Å². The van der Waals surface area contributed by atoms with E-state index >= 15 is 0 Å². The van der Waals surface area contributed by atoms with Crippen molar-refractivity contribution >= 4 is 10.1 Å². The summed E-state index contributed by atoms with van der Waals surface area (Å²) < 4.78 is 216. The van der Waals surface area contributed by atoms with Gasteiger partial charge in [-0.3, -0.25) is 0 Å². The Hall–Kier alpha value is -0.140. The molecular formula is C7F15NaO3S. The summed E-state index contributed by atoms with van der Waals surface area (Å²) >= 11 is 0. The minimum Gasteiger partial charge on any atom is -0.743 e. The quantitative estimate of drug-likeness (QED) is 0.248. The maximum absolute atomic E-state index is 12.9. The third-order valence-corrected chi connectivity index (χ3v) is 3.50. The molecule has 0 spiro atoms. The van der Waals surface area contributed by atoms with E-state index in [1.54, 1.807) is 0 Å². The molecule has 0 aromatic heterocycles. The van der Waals surface area contributed by atoms with E-state index in [0.29, 0.717) is 0 Å². The third kappa shape index (κ3) is 3.73. The first-order chi connectivity index (χ1) is 10.8. The fourth-order valence-corrected chi connectivity index (χ4v) is 1.55. The summed E-state index contributed by atoms with van der Waals surface area (Å²) in [5, 5.41) is -7.81. The normalized spacial score (nSPS) is 16.1. The van der Waals surface area contributed by atoms with Gasteiger partial charge in [0.25, 0.3) is 0 Å². The molecule has 0 aliphatic rings. The molecule has 0 aliphatic carbocycles. The van der Waals surface area contributed by atoms with Gasteiger partial charge in [-0.2, -0.15) is 65.9 Å². The zero-order valence-corrected chi connectivity index (χ0v) is 14.6. The number of hydrogen-bond donors (Lipinski definition) is 0. The Morgan fingerprint density at radius 3 is 0.926 bits per heavy atom. The van der Waals surface area contributed by atoms with E-state index in [1.165, 1.54) is 0 Å². The van der Waals surface area contributed by atoms with Crippen LogP contribution in [0.15, 0.2) is 0 Å². The maximum Gasteiger partial charge on any atom is 1.00 e. The minimum atomic E-state index is -8.63. The molecule has 0 unspecified atom stereocenters. The second-order valence-electron chi connectivity index (χ2n) is 4.34. The SMILES string of the molecule is O=S(=O)([O-])[13C](F)(F)[13C](F)(F)[13C](F)(F)C(F)(F)C(F)(F)C(F)(F)C(F)(F)F.[Na+]. The van der Waals surface area contributed by atoms with Crippen LogP contribution < -0.4 is 29.6 Å². The van der Waals surface area contributed by atoms with Crippen molar-refractivity contribution < 1.29 is 108 Å². The first-order valence-electron chi connectivity index (χ1n) is 5.04. The summed E-state index contributed by atoms with van der Waals surface area (Å²) in [5.74, 6) is -42.2. The van der Waals surface area contributed by atoms with Gasteiger partial charge in [-0.05, 0) is 0 Å². The van der Waals surface area contributed by atoms with Crippen molar-refractivity contribution in [2.24, 2.45) is 0 Å². The number of halogens is 15. The van der Waals surface area contributed by atoms with Crippen LogP contribution in [-0.2, 0) is 10.1 Å². The summed E-state index contributed by atoms with van der Waals surface area (Å²) in [4.78, 5) is 0. The second-order valence-corrected chi connectivity index (χ2v) is 5.76. The van der Waals surface area contributed by atoms with Gasteiger partial charge in [0.15, 0.2) is 10.1 Å². The van der Waals surface area contributed by atoms with Crippen LogP contribution in [0, 0.1) is 0 Å². The summed E-state index contributed by atoms with van der Waals surface area (Å²) in [6, 6.07) is 0. The Kier molecular flexibility index (Phi) is 7.51. The number of rotatable bonds is 6. The van der Waals surface area contributed by atoms with Crippen molar-refractivity contribution in [2.45, 2.75) is 41.0 Å². The minimum absolute atomic E-state index is 0. The predicted octanol–water partition coefficient (Wildman–Crippen LogP) is 0.867. The standard InChI is InChI=1S/C7HF15O3S.Na/c8-1(9,2(10,11)4(14,15)6(18,19)20)3(12,13)5(16,17)7(21,22)26(23,24)25;/h(H,23,24,25);/q;+1/p-1/i3+1,5+1,7+1;. The van der Waals surface area contributed by atoms with Crippen molar-refractivity contribution in [2.75, 3.05) is 0 Å². The van der Waals surface area contributed by atoms with Crippen LogP contribution in [0.4, 0.5) is 65.9 Å². The molecule has 20 heteroatoms. The van der Waals surface area contributed by atoms with E-state index < -0.39 is 51.2 Å². The van der Waals surface area contributed by atoms with Crippen molar-refractivity contribution in [3.63, 3.8) is 0 Å². The van der Waals surface area contributed by atoms with Gasteiger partial charge in [0.05, 0.1) is 0 Å². The van der Waals surface area contributed by atoms with Gasteiger partial charge in [0.2, 0.25) is 0 Å². The molecule has 158 valence electrons. The molecule has 0 amide bonds. The van der Waals surface area contributed by atoms with E-state index in [4.69, 9.17) is 0 Å². The van der Waals surface area contributed by atoms with E-state index in [9.17, 15) is 78.8 Å². The molecule has 0 saturated heterocycles. The zero-order chi connectivity index (χ0) is 22.0.